The van der Waals surface area contributed by atoms with E-state index >= 15 is 0 Å². The maximum absolute atomic E-state index is 12.8. The molecule has 0 bridgehead atoms. The summed E-state index contributed by atoms with van der Waals surface area (Å²) >= 11 is 0. The molecule has 6 heteroatoms. The Kier molecular flexibility index (Phi) is 5.19. The van der Waals surface area contributed by atoms with Crippen LogP contribution in [0.5, 0.6) is 11.5 Å². The minimum Gasteiger partial charge on any atom is -0.497 e. The normalized spacial score (nSPS) is 9.95. The quantitative estimate of drug-likeness (QED) is 0.861. The molecule has 0 aromatic heterocycles. The molecule has 0 radical (unpaired) electrons. The summed E-state index contributed by atoms with van der Waals surface area (Å²) in [6.45, 7) is 0.0564. The zero-order chi connectivity index (χ0) is 15.9. The van der Waals surface area contributed by atoms with Crippen molar-refractivity contribution in [1.29, 1.82) is 0 Å². The predicted molar refractivity (Wildman–Crippen MR) is 83.1 cm³/mol. The summed E-state index contributed by atoms with van der Waals surface area (Å²) in [5, 5.41) is 5.65. The highest BCUT2D eigenvalue weighted by molar-refractivity contribution is 5.95. The van der Waals surface area contributed by atoms with Crippen LogP contribution >= 0.6 is 0 Å². The summed E-state index contributed by atoms with van der Waals surface area (Å²) < 4.78 is 23.1. The molecule has 2 aromatic carbocycles. The molecule has 1 amide bonds. The SMILES string of the molecule is COc1ccc(NC(=O)CNc2ccc(F)cc2)c(OC)c1. The van der Waals surface area contributed by atoms with E-state index in [1.54, 1.807) is 37.4 Å². The molecule has 116 valence electrons. The largest absolute Gasteiger partial charge is 0.497 e. The minimum atomic E-state index is -0.321. The van der Waals surface area contributed by atoms with E-state index in [9.17, 15) is 9.18 Å². The van der Waals surface area contributed by atoms with Crippen molar-refractivity contribution in [3.05, 3.63) is 48.3 Å². The van der Waals surface area contributed by atoms with Crippen molar-refractivity contribution in [3.8, 4) is 11.5 Å². The number of carbonyl (C=O) groups is 1. The molecular formula is C16H17FN2O3. The molecule has 0 unspecified atom stereocenters. The van der Waals surface area contributed by atoms with E-state index in [0.29, 0.717) is 22.9 Å². The molecular weight excluding hydrogens is 287 g/mol. The molecule has 2 aromatic rings. The van der Waals surface area contributed by atoms with Gasteiger partial charge >= 0.3 is 0 Å². The summed E-state index contributed by atoms with van der Waals surface area (Å²) in [4.78, 5) is 11.9. The Morgan fingerprint density at radius 2 is 1.82 bits per heavy atom. The van der Waals surface area contributed by atoms with Gasteiger partial charge in [0.15, 0.2) is 0 Å². The molecule has 0 aliphatic carbocycles. The summed E-state index contributed by atoms with van der Waals surface area (Å²) in [6, 6.07) is 10.9. The first-order chi connectivity index (χ1) is 10.6. The number of amides is 1. The van der Waals surface area contributed by atoms with Crippen molar-refractivity contribution in [2.75, 3.05) is 31.4 Å². The van der Waals surface area contributed by atoms with Crippen LogP contribution in [0, 0.1) is 5.82 Å². The molecule has 2 rings (SSSR count). The summed E-state index contributed by atoms with van der Waals surface area (Å²) in [7, 11) is 3.07. The number of rotatable bonds is 6. The lowest BCUT2D eigenvalue weighted by Crippen LogP contribution is -2.22. The molecule has 0 saturated carbocycles. The van der Waals surface area contributed by atoms with E-state index in [4.69, 9.17) is 9.47 Å². The van der Waals surface area contributed by atoms with E-state index in [1.165, 1.54) is 19.2 Å². The Hall–Kier alpha value is -2.76. The summed E-state index contributed by atoms with van der Waals surface area (Å²) in [5.74, 6) is 0.583. The fraction of sp³-hybridized carbons (Fsp3) is 0.188. The lowest BCUT2D eigenvalue weighted by Gasteiger charge is -2.12. The molecule has 0 heterocycles. The van der Waals surface area contributed by atoms with Crippen LogP contribution in [0.3, 0.4) is 0 Å². The Balaban J connectivity index is 1.95. The van der Waals surface area contributed by atoms with Crippen LogP contribution in [-0.2, 0) is 4.79 Å². The maximum Gasteiger partial charge on any atom is 0.243 e. The zero-order valence-electron chi connectivity index (χ0n) is 12.4. The fourth-order valence-corrected chi connectivity index (χ4v) is 1.85. The zero-order valence-corrected chi connectivity index (χ0v) is 12.4. The number of anilines is 2. The topological polar surface area (TPSA) is 59.6 Å². The van der Waals surface area contributed by atoms with Crippen molar-refractivity contribution in [1.82, 2.24) is 0 Å². The van der Waals surface area contributed by atoms with Gasteiger partial charge in [-0.1, -0.05) is 0 Å². The number of methoxy groups -OCH3 is 2. The molecule has 0 spiro atoms. The van der Waals surface area contributed by atoms with Crippen LogP contribution in [0.25, 0.3) is 0 Å². The van der Waals surface area contributed by atoms with Gasteiger partial charge in [0.2, 0.25) is 5.91 Å². The minimum absolute atomic E-state index is 0.0564. The highest BCUT2D eigenvalue weighted by atomic mass is 19.1. The van der Waals surface area contributed by atoms with Crippen molar-refractivity contribution in [2.45, 2.75) is 0 Å². The van der Waals surface area contributed by atoms with E-state index in [-0.39, 0.29) is 18.3 Å². The van der Waals surface area contributed by atoms with Gasteiger partial charge in [0.25, 0.3) is 0 Å². The van der Waals surface area contributed by atoms with Crippen LogP contribution in [0.1, 0.15) is 0 Å². The second kappa shape index (κ2) is 7.31. The Morgan fingerprint density at radius 3 is 2.45 bits per heavy atom. The van der Waals surface area contributed by atoms with Gasteiger partial charge in [-0.05, 0) is 36.4 Å². The fourth-order valence-electron chi connectivity index (χ4n) is 1.85. The molecule has 0 atom stereocenters. The van der Waals surface area contributed by atoms with Gasteiger partial charge in [0, 0.05) is 11.8 Å². The third kappa shape index (κ3) is 4.12. The molecule has 2 N–H and O–H groups in total. The van der Waals surface area contributed by atoms with E-state index in [0.717, 1.165) is 0 Å². The van der Waals surface area contributed by atoms with Crippen LogP contribution in [0.15, 0.2) is 42.5 Å². The lowest BCUT2D eigenvalue weighted by atomic mass is 10.2. The molecule has 22 heavy (non-hydrogen) atoms. The second-order valence-corrected chi connectivity index (χ2v) is 4.47. The van der Waals surface area contributed by atoms with Crippen molar-refractivity contribution >= 4 is 17.3 Å². The average Bonchev–Trinajstić information content (AvgIpc) is 2.54. The van der Waals surface area contributed by atoms with Gasteiger partial charge < -0.3 is 20.1 Å². The summed E-state index contributed by atoms with van der Waals surface area (Å²) in [6.07, 6.45) is 0. The van der Waals surface area contributed by atoms with Gasteiger partial charge in [0.05, 0.1) is 26.5 Å². The van der Waals surface area contributed by atoms with E-state index < -0.39 is 0 Å². The number of benzene rings is 2. The average molecular weight is 304 g/mol. The molecule has 0 saturated heterocycles. The highest BCUT2D eigenvalue weighted by Crippen LogP contribution is 2.28. The number of hydrogen-bond donors (Lipinski definition) is 2. The summed E-state index contributed by atoms with van der Waals surface area (Å²) in [5.41, 5.74) is 1.22. The van der Waals surface area contributed by atoms with Crippen LogP contribution in [-0.4, -0.2) is 26.7 Å². The second-order valence-electron chi connectivity index (χ2n) is 4.47. The first-order valence-electron chi connectivity index (χ1n) is 6.63. The molecule has 0 aliphatic heterocycles. The maximum atomic E-state index is 12.8. The standard InChI is InChI=1S/C16H17FN2O3/c1-21-13-7-8-14(15(9-13)22-2)19-16(20)10-18-12-5-3-11(17)4-6-12/h3-9,18H,10H2,1-2H3,(H,19,20). The first kappa shape index (κ1) is 15.6. The number of ether oxygens (including phenoxy) is 2. The van der Waals surface area contributed by atoms with Crippen LogP contribution < -0.4 is 20.1 Å². The predicted octanol–water partition coefficient (Wildman–Crippen LogP) is 2.89. The monoisotopic (exact) mass is 304 g/mol. The number of halogens is 1. The third-order valence-electron chi connectivity index (χ3n) is 2.98. The smallest absolute Gasteiger partial charge is 0.243 e. The van der Waals surface area contributed by atoms with Crippen LogP contribution in [0.2, 0.25) is 0 Å². The van der Waals surface area contributed by atoms with Gasteiger partial charge in [-0.3, -0.25) is 4.79 Å². The first-order valence-corrected chi connectivity index (χ1v) is 6.63. The highest BCUT2D eigenvalue weighted by Gasteiger charge is 2.08. The molecule has 5 nitrogen and oxygen atoms in total. The lowest BCUT2D eigenvalue weighted by molar-refractivity contribution is -0.114. The Labute approximate surface area is 128 Å². The Bertz CT molecular complexity index is 644. The molecule has 0 aliphatic rings. The number of nitrogens with one attached hydrogen (secondary N) is 2. The van der Waals surface area contributed by atoms with Crippen molar-refractivity contribution < 1.29 is 18.7 Å². The number of hydrogen-bond acceptors (Lipinski definition) is 4. The van der Waals surface area contributed by atoms with Crippen molar-refractivity contribution in [3.63, 3.8) is 0 Å². The van der Waals surface area contributed by atoms with E-state index in [1.807, 2.05) is 0 Å². The van der Waals surface area contributed by atoms with E-state index in [2.05, 4.69) is 10.6 Å². The molecule has 0 fully saturated rings. The third-order valence-corrected chi connectivity index (χ3v) is 2.98. The van der Waals surface area contributed by atoms with Gasteiger partial charge in [-0.25, -0.2) is 4.39 Å². The van der Waals surface area contributed by atoms with Gasteiger partial charge in [0.1, 0.15) is 17.3 Å². The van der Waals surface area contributed by atoms with Crippen LogP contribution in [0.4, 0.5) is 15.8 Å². The number of carbonyl (C=O) groups excluding carboxylic acids is 1. The van der Waals surface area contributed by atoms with Gasteiger partial charge in [-0.15, -0.1) is 0 Å². The van der Waals surface area contributed by atoms with Gasteiger partial charge in [-0.2, -0.15) is 0 Å². The Morgan fingerprint density at radius 1 is 1.09 bits per heavy atom. The van der Waals surface area contributed by atoms with Crippen molar-refractivity contribution in [2.24, 2.45) is 0 Å².